The van der Waals surface area contributed by atoms with Gasteiger partial charge in [0.05, 0.1) is 14.2 Å². The van der Waals surface area contributed by atoms with E-state index in [9.17, 15) is 14.4 Å². The standard InChI is InChI=1S/C13H22O5/c1-17-12(15)9-5-3-4-7-11(14)8-6-10-13(16)18-2/h3-10H2,1-2H3. The van der Waals surface area contributed by atoms with Gasteiger partial charge in [0.25, 0.3) is 0 Å². The number of Topliss-reactive ketones (excluding diaryl/α,β-unsaturated/α-hetero) is 1. The van der Waals surface area contributed by atoms with Crippen molar-refractivity contribution in [1.82, 2.24) is 0 Å². The highest BCUT2D eigenvalue weighted by atomic mass is 16.5. The molecule has 0 fully saturated rings. The first-order valence-corrected chi connectivity index (χ1v) is 6.25. The second kappa shape index (κ2) is 10.7. The summed E-state index contributed by atoms with van der Waals surface area (Å²) in [7, 11) is 2.71. The first kappa shape index (κ1) is 16.6. The van der Waals surface area contributed by atoms with Crippen molar-refractivity contribution < 1.29 is 23.9 Å². The number of carbonyl (C=O) groups is 3. The third-order valence-corrected chi connectivity index (χ3v) is 2.63. The Hall–Kier alpha value is -1.39. The van der Waals surface area contributed by atoms with Gasteiger partial charge in [-0.3, -0.25) is 14.4 Å². The van der Waals surface area contributed by atoms with Gasteiger partial charge in [-0.05, 0) is 19.3 Å². The molecular formula is C13H22O5. The number of hydrogen-bond acceptors (Lipinski definition) is 5. The Labute approximate surface area is 108 Å². The maximum Gasteiger partial charge on any atom is 0.305 e. The minimum atomic E-state index is -0.277. The van der Waals surface area contributed by atoms with E-state index in [1.807, 2.05) is 0 Å². The van der Waals surface area contributed by atoms with Crippen LogP contribution in [-0.4, -0.2) is 31.9 Å². The first-order chi connectivity index (χ1) is 8.60. The van der Waals surface area contributed by atoms with Gasteiger partial charge in [-0.1, -0.05) is 6.42 Å². The molecular weight excluding hydrogens is 236 g/mol. The highest BCUT2D eigenvalue weighted by molar-refractivity contribution is 5.79. The molecule has 0 rings (SSSR count). The topological polar surface area (TPSA) is 69.7 Å². The van der Waals surface area contributed by atoms with Gasteiger partial charge in [-0.15, -0.1) is 0 Å². The van der Waals surface area contributed by atoms with E-state index in [1.54, 1.807) is 0 Å². The van der Waals surface area contributed by atoms with Crippen LogP contribution in [0.2, 0.25) is 0 Å². The van der Waals surface area contributed by atoms with Gasteiger partial charge in [-0.25, -0.2) is 0 Å². The van der Waals surface area contributed by atoms with Crippen molar-refractivity contribution in [2.24, 2.45) is 0 Å². The fourth-order valence-electron chi connectivity index (χ4n) is 1.53. The van der Waals surface area contributed by atoms with Crippen LogP contribution in [0.25, 0.3) is 0 Å². The number of hydrogen-bond donors (Lipinski definition) is 0. The lowest BCUT2D eigenvalue weighted by atomic mass is 10.1. The van der Waals surface area contributed by atoms with Gasteiger partial charge >= 0.3 is 11.9 Å². The summed E-state index contributed by atoms with van der Waals surface area (Å²) < 4.78 is 9.00. The van der Waals surface area contributed by atoms with Crippen LogP contribution in [0.5, 0.6) is 0 Å². The molecule has 0 aliphatic heterocycles. The van der Waals surface area contributed by atoms with Crippen LogP contribution in [0.15, 0.2) is 0 Å². The molecule has 5 nitrogen and oxygen atoms in total. The van der Waals surface area contributed by atoms with Crippen molar-refractivity contribution >= 4 is 17.7 Å². The summed E-state index contributed by atoms with van der Waals surface area (Å²) in [6.07, 6.45) is 4.58. The van der Waals surface area contributed by atoms with Crippen molar-refractivity contribution in [2.45, 2.75) is 51.4 Å². The minimum absolute atomic E-state index is 0.164. The van der Waals surface area contributed by atoms with Crippen LogP contribution in [0.3, 0.4) is 0 Å². The van der Waals surface area contributed by atoms with Crippen molar-refractivity contribution in [3.05, 3.63) is 0 Å². The van der Waals surface area contributed by atoms with Crippen LogP contribution in [0.1, 0.15) is 51.4 Å². The lowest BCUT2D eigenvalue weighted by molar-refractivity contribution is -0.141. The minimum Gasteiger partial charge on any atom is -0.469 e. The second-order valence-corrected chi connectivity index (χ2v) is 4.11. The van der Waals surface area contributed by atoms with Gasteiger partial charge in [0.2, 0.25) is 0 Å². The predicted octanol–water partition coefficient (Wildman–Crippen LogP) is 2.02. The molecule has 0 radical (unpaired) electrons. The number of ketones is 1. The van der Waals surface area contributed by atoms with E-state index in [-0.39, 0.29) is 17.7 Å². The quantitative estimate of drug-likeness (QED) is 0.443. The smallest absolute Gasteiger partial charge is 0.305 e. The summed E-state index contributed by atoms with van der Waals surface area (Å²) in [5.74, 6) is -0.322. The summed E-state index contributed by atoms with van der Waals surface area (Å²) in [6.45, 7) is 0. The first-order valence-electron chi connectivity index (χ1n) is 6.25. The monoisotopic (exact) mass is 258 g/mol. The van der Waals surface area contributed by atoms with Crippen LogP contribution < -0.4 is 0 Å². The third-order valence-electron chi connectivity index (χ3n) is 2.63. The Kier molecular flexibility index (Phi) is 9.91. The molecule has 0 atom stereocenters. The predicted molar refractivity (Wildman–Crippen MR) is 66.0 cm³/mol. The van der Waals surface area contributed by atoms with Crippen molar-refractivity contribution in [3.8, 4) is 0 Å². The van der Waals surface area contributed by atoms with Crippen LogP contribution in [0.4, 0.5) is 0 Å². The summed E-state index contributed by atoms with van der Waals surface area (Å²) in [5.41, 5.74) is 0. The zero-order chi connectivity index (χ0) is 13.8. The fourth-order valence-corrected chi connectivity index (χ4v) is 1.53. The normalized spacial score (nSPS) is 9.89. The van der Waals surface area contributed by atoms with Crippen LogP contribution >= 0.6 is 0 Å². The fraction of sp³-hybridized carbons (Fsp3) is 0.769. The molecule has 0 aliphatic rings. The number of ether oxygens (including phenoxy) is 2. The lowest BCUT2D eigenvalue weighted by Gasteiger charge is -2.01. The molecule has 0 amide bonds. The second-order valence-electron chi connectivity index (χ2n) is 4.11. The van der Waals surface area contributed by atoms with Gasteiger partial charge < -0.3 is 9.47 Å². The Morgan fingerprint density at radius 1 is 0.667 bits per heavy atom. The summed E-state index contributed by atoms with van der Waals surface area (Å²) >= 11 is 0. The summed E-state index contributed by atoms with van der Waals surface area (Å²) in [4.78, 5) is 33.0. The largest absolute Gasteiger partial charge is 0.469 e. The van der Waals surface area contributed by atoms with E-state index in [0.29, 0.717) is 32.1 Å². The number of methoxy groups -OCH3 is 2. The Morgan fingerprint density at radius 2 is 1.11 bits per heavy atom. The van der Waals surface area contributed by atoms with Crippen molar-refractivity contribution in [3.63, 3.8) is 0 Å². The van der Waals surface area contributed by atoms with Crippen LogP contribution in [-0.2, 0) is 23.9 Å². The molecule has 104 valence electrons. The molecule has 0 bridgehead atoms. The summed E-state index contributed by atoms with van der Waals surface area (Å²) in [5, 5.41) is 0. The van der Waals surface area contributed by atoms with Gasteiger partial charge in [-0.2, -0.15) is 0 Å². The molecule has 0 aromatic heterocycles. The van der Waals surface area contributed by atoms with E-state index < -0.39 is 0 Å². The molecule has 5 heteroatoms. The number of esters is 2. The molecule has 0 aromatic rings. The molecule has 0 spiro atoms. The van der Waals surface area contributed by atoms with Gasteiger partial charge in [0, 0.05) is 25.7 Å². The molecule has 0 N–H and O–H groups in total. The molecule has 0 aliphatic carbocycles. The highest BCUT2D eigenvalue weighted by Crippen LogP contribution is 2.07. The molecule has 0 heterocycles. The molecule has 0 saturated carbocycles. The molecule has 0 unspecified atom stereocenters. The lowest BCUT2D eigenvalue weighted by Crippen LogP contribution is -2.03. The van der Waals surface area contributed by atoms with E-state index in [0.717, 1.165) is 19.3 Å². The van der Waals surface area contributed by atoms with E-state index in [1.165, 1.54) is 14.2 Å². The van der Waals surface area contributed by atoms with Gasteiger partial charge in [0.1, 0.15) is 5.78 Å². The van der Waals surface area contributed by atoms with Crippen molar-refractivity contribution in [2.75, 3.05) is 14.2 Å². The van der Waals surface area contributed by atoms with Crippen LogP contribution in [0, 0.1) is 0 Å². The third kappa shape index (κ3) is 9.81. The Bertz CT molecular complexity index is 273. The molecule has 18 heavy (non-hydrogen) atoms. The Balaban J connectivity index is 3.37. The average molecular weight is 258 g/mol. The number of rotatable bonds is 10. The van der Waals surface area contributed by atoms with E-state index in [2.05, 4.69) is 9.47 Å². The average Bonchev–Trinajstić information content (AvgIpc) is 2.37. The van der Waals surface area contributed by atoms with E-state index >= 15 is 0 Å². The van der Waals surface area contributed by atoms with Gasteiger partial charge in [0.15, 0.2) is 0 Å². The molecule has 0 aromatic carbocycles. The molecule has 0 saturated heterocycles. The zero-order valence-corrected chi connectivity index (χ0v) is 11.2. The Morgan fingerprint density at radius 3 is 1.67 bits per heavy atom. The summed E-state index contributed by atoms with van der Waals surface area (Å²) in [6, 6.07) is 0. The zero-order valence-electron chi connectivity index (χ0n) is 11.2. The maximum atomic E-state index is 11.4. The SMILES string of the molecule is COC(=O)CCCCCC(=O)CCCC(=O)OC. The maximum absolute atomic E-state index is 11.4. The van der Waals surface area contributed by atoms with Crippen molar-refractivity contribution in [1.29, 1.82) is 0 Å². The van der Waals surface area contributed by atoms with E-state index in [4.69, 9.17) is 0 Å². The number of carbonyl (C=O) groups excluding carboxylic acids is 3. The highest BCUT2D eigenvalue weighted by Gasteiger charge is 2.05. The number of unbranched alkanes of at least 4 members (excludes halogenated alkanes) is 2.